The number of pyridine rings is 1. The molecular formula is C15H23FN2O. The van der Waals surface area contributed by atoms with Crippen molar-refractivity contribution in [1.82, 2.24) is 9.88 Å². The second-order valence-corrected chi connectivity index (χ2v) is 6.00. The normalized spacial score (nSPS) is 24.9. The molecular weight excluding hydrogens is 243 g/mol. The topological polar surface area (TPSA) is 36.4 Å². The van der Waals surface area contributed by atoms with Crippen LogP contribution in [0.2, 0.25) is 0 Å². The highest BCUT2D eigenvalue weighted by atomic mass is 19.1. The minimum Gasteiger partial charge on any atom is -0.396 e. The number of aromatic nitrogens is 1. The van der Waals surface area contributed by atoms with Crippen molar-refractivity contribution in [2.75, 3.05) is 19.7 Å². The van der Waals surface area contributed by atoms with Crippen LogP contribution in [0.4, 0.5) is 4.39 Å². The molecule has 3 nitrogen and oxygen atoms in total. The Morgan fingerprint density at radius 3 is 2.89 bits per heavy atom. The van der Waals surface area contributed by atoms with Crippen molar-refractivity contribution in [3.63, 3.8) is 0 Å². The minimum atomic E-state index is -0.285. The third kappa shape index (κ3) is 3.31. The van der Waals surface area contributed by atoms with Gasteiger partial charge in [-0.25, -0.2) is 4.39 Å². The molecule has 0 aliphatic carbocycles. The van der Waals surface area contributed by atoms with Gasteiger partial charge in [-0.05, 0) is 36.9 Å². The van der Waals surface area contributed by atoms with Gasteiger partial charge in [0.05, 0.1) is 12.8 Å². The number of piperidine rings is 1. The van der Waals surface area contributed by atoms with Crippen LogP contribution in [-0.2, 0) is 6.54 Å². The van der Waals surface area contributed by atoms with Crippen molar-refractivity contribution in [3.8, 4) is 0 Å². The van der Waals surface area contributed by atoms with E-state index in [4.69, 9.17) is 0 Å². The molecule has 1 aromatic heterocycles. The second-order valence-electron chi connectivity index (χ2n) is 6.00. The Bertz CT molecular complexity index is 424. The summed E-state index contributed by atoms with van der Waals surface area (Å²) in [7, 11) is 0. The maximum Gasteiger partial charge on any atom is 0.141 e. The minimum absolute atomic E-state index is 0.0149. The average molecular weight is 266 g/mol. The van der Waals surface area contributed by atoms with Gasteiger partial charge < -0.3 is 5.11 Å². The summed E-state index contributed by atoms with van der Waals surface area (Å²) in [6, 6.07) is 1.54. The molecule has 0 radical (unpaired) electrons. The van der Waals surface area contributed by atoms with Crippen LogP contribution in [0.5, 0.6) is 0 Å². The van der Waals surface area contributed by atoms with E-state index in [1.807, 2.05) is 0 Å². The highest BCUT2D eigenvalue weighted by Crippen LogP contribution is 2.37. The molecule has 19 heavy (non-hydrogen) atoms. The first-order valence-electron chi connectivity index (χ1n) is 6.98. The van der Waals surface area contributed by atoms with E-state index in [9.17, 15) is 9.50 Å². The maximum atomic E-state index is 13.1. The zero-order chi connectivity index (χ0) is 13.9. The summed E-state index contributed by atoms with van der Waals surface area (Å²) in [5.74, 6) is 0.165. The predicted octanol–water partition coefficient (Wildman–Crippen LogP) is 2.45. The van der Waals surface area contributed by atoms with E-state index >= 15 is 0 Å². The lowest BCUT2D eigenvalue weighted by atomic mass is 9.72. The quantitative estimate of drug-likeness (QED) is 0.909. The summed E-state index contributed by atoms with van der Waals surface area (Å²) in [6.45, 7) is 7.15. The van der Waals surface area contributed by atoms with Crippen molar-refractivity contribution < 1.29 is 9.50 Å². The van der Waals surface area contributed by atoms with Gasteiger partial charge in [0.2, 0.25) is 0 Å². The number of halogens is 1. The first kappa shape index (κ1) is 14.4. The Morgan fingerprint density at radius 2 is 2.26 bits per heavy atom. The average Bonchev–Trinajstić information content (AvgIpc) is 2.38. The van der Waals surface area contributed by atoms with Crippen molar-refractivity contribution in [2.24, 2.45) is 11.3 Å². The van der Waals surface area contributed by atoms with Gasteiger partial charge in [0.1, 0.15) is 5.82 Å². The van der Waals surface area contributed by atoms with E-state index in [0.717, 1.165) is 31.5 Å². The van der Waals surface area contributed by atoms with Gasteiger partial charge in [0.25, 0.3) is 0 Å². The van der Waals surface area contributed by atoms with Gasteiger partial charge in [-0.15, -0.1) is 0 Å². The smallest absolute Gasteiger partial charge is 0.141 e. The van der Waals surface area contributed by atoms with Crippen LogP contribution >= 0.6 is 0 Å². The Hall–Kier alpha value is -1.00. The van der Waals surface area contributed by atoms with Gasteiger partial charge in [-0.1, -0.05) is 13.8 Å². The fourth-order valence-corrected chi connectivity index (χ4v) is 2.98. The summed E-state index contributed by atoms with van der Waals surface area (Å²) in [5.41, 5.74) is 0.886. The number of likely N-dealkylation sites (tertiary alicyclic amines) is 1. The van der Waals surface area contributed by atoms with Gasteiger partial charge in [-0.3, -0.25) is 9.88 Å². The molecule has 0 amide bonds. The summed E-state index contributed by atoms with van der Waals surface area (Å²) in [6.07, 6.45) is 5.10. The van der Waals surface area contributed by atoms with Gasteiger partial charge in [0, 0.05) is 24.7 Å². The first-order chi connectivity index (χ1) is 9.05. The lowest BCUT2D eigenvalue weighted by molar-refractivity contribution is -0.00591. The lowest BCUT2D eigenvalue weighted by Gasteiger charge is -2.44. The molecule has 1 aliphatic heterocycles. The number of nitrogens with zero attached hydrogens (tertiary/aromatic N) is 2. The molecule has 4 heteroatoms. The van der Waals surface area contributed by atoms with E-state index in [1.54, 1.807) is 6.20 Å². The Kier molecular flexibility index (Phi) is 4.53. The number of hydrogen-bond acceptors (Lipinski definition) is 3. The van der Waals surface area contributed by atoms with Crippen LogP contribution in [0.1, 0.15) is 32.3 Å². The molecule has 1 aliphatic rings. The monoisotopic (exact) mass is 266 g/mol. The third-order valence-electron chi connectivity index (χ3n) is 4.39. The standard InChI is InChI=1S/C15H23FN2O/c1-12(2)15(11-19)4-3-5-18(10-15)9-13-6-14(16)8-17-7-13/h6-8,12,19H,3-5,9-11H2,1-2H3/t15-/m0/s1. The molecule has 1 atom stereocenters. The van der Waals surface area contributed by atoms with Crippen molar-refractivity contribution >= 4 is 0 Å². The van der Waals surface area contributed by atoms with Crippen molar-refractivity contribution in [2.45, 2.75) is 33.2 Å². The molecule has 2 rings (SSSR count). The maximum absolute atomic E-state index is 13.1. The number of hydrogen-bond donors (Lipinski definition) is 1. The predicted molar refractivity (Wildman–Crippen MR) is 73.1 cm³/mol. The fraction of sp³-hybridized carbons (Fsp3) is 0.667. The number of rotatable bonds is 4. The van der Waals surface area contributed by atoms with E-state index in [1.165, 1.54) is 12.3 Å². The number of aliphatic hydroxyl groups excluding tert-OH is 1. The highest BCUT2D eigenvalue weighted by Gasteiger charge is 2.37. The van der Waals surface area contributed by atoms with Gasteiger partial charge >= 0.3 is 0 Å². The van der Waals surface area contributed by atoms with E-state index < -0.39 is 0 Å². The molecule has 1 aromatic rings. The Morgan fingerprint density at radius 1 is 1.47 bits per heavy atom. The molecule has 0 unspecified atom stereocenters. The molecule has 1 N–H and O–H groups in total. The molecule has 1 saturated heterocycles. The Labute approximate surface area is 114 Å². The van der Waals surface area contributed by atoms with Crippen molar-refractivity contribution in [1.29, 1.82) is 0 Å². The van der Waals surface area contributed by atoms with Crippen LogP contribution in [0.25, 0.3) is 0 Å². The molecule has 0 aromatic carbocycles. The third-order valence-corrected chi connectivity index (χ3v) is 4.39. The molecule has 1 fully saturated rings. The summed E-state index contributed by atoms with van der Waals surface area (Å²) in [5, 5.41) is 9.74. The summed E-state index contributed by atoms with van der Waals surface area (Å²) >= 11 is 0. The van der Waals surface area contributed by atoms with Gasteiger partial charge in [0.15, 0.2) is 0 Å². The highest BCUT2D eigenvalue weighted by molar-refractivity contribution is 5.10. The SMILES string of the molecule is CC(C)[C@@]1(CO)CCCN(Cc2cncc(F)c2)C1. The van der Waals surface area contributed by atoms with Crippen LogP contribution in [0.3, 0.4) is 0 Å². The van der Waals surface area contributed by atoms with Crippen LogP contribution < -0.4 is 0 Å². The van der Waals surface area contributed by atoms with E-state index in [2.05, 4.69) is 23.7 Å². The molecule has 2 heterocycles. The number of aliphatic hydroxyl groups is 1. The molecule has 106 valence electrons. The molecule has 0 bridgehead atoms. The van der Waals surface area contributed by atoms with E-state index in [0.29, 0.717) is 12.5 Å². The fourth-order valence-electron chi connectivity index (χ4n) is 2.98. The zero-order valence-electron chi connectivity index (χ0n) is 11.8. The Balaban J connectivity index is 2.05. The van der Waals surface area contributed by atoms with Crippen LogP contribution in [0.15, 0.2) is 18.5 Å². The lowest BCUT2D eigenvalue weighted by Crippen LogP contribution is -2.47. The zero-order valence-corrected chi connectivity index (χ0v) is 11.8. The van der Waals surface area contributed by atoms with E-state index in [-0.39, 0.29) is 17.8 Å². The van der Waals surface area contributed by atoms with Crippen LogP contribution in [-0.4, -0.2) is 34.7 Å². The summed E-state index contributed by atoms with van der Waals surface area (Å²) < 4.78 is 13.1. The van der Waals surface area contributed by atoms with Crippen LogP contribution in [0, 0.1) is 17.2 Å². The van der Waals surface area contributed by atoms with Crippen molar-refractivity contribution in [3.05, 3.63) is 29.8 Å². The van der Waals surface area contributed by atoms with Gasteiger partial charge in [-0.2, -0.15) is 0 Å². The largest absolute Gasteiger partial charge is 0.396 e. The first-order valence-corrected chi connectivity index (χ1v) is 6.98. The second kappa shape index (κ2) is 5.97. The molecule has 0 spiro atoms. The molecule has 0 saturated carbocycles. The summed E-state index contributed by atoms with van der Waals surface area (Å²) in [4.78, 5) is 6.19.